The van der Waals surface area contributed by atoms with E-state index in [1.165, 1.54) is 7.11 Å². The van der Waals surface area contributed by atoms with E-state index in [-0.39, 0.29) is 5.11 Å². The average molecular weight is 483 g/mol. The van der Waals surface area contributed by atoms with Crippen LogP contribution in [0.5, 0.6) is 0 Å². The Morgan fingerprint density at radius 1 is 1.33 bits per heavy atom. The molecule has 1 aromatic carbocycles. The summed E-state index contributed by atoms with van der Waals surface area (Å²) < 4.78 is 3.61. The van der Waals surface area contributed by atoms with Crippen molar-refractivity contribution in [3.63, 3.8) is 0 Å². The van der Waals surface area contributed by atoms with Crippen LogP contribution in [0, 0.1) is 3.57 Å². The summed E-state index contributed by atoms with van der Waals surface area (Å²) in [5.41, 5.74) is 0.789. The Hall–Kier alpha value is -0.220. The van der Waals surface area contributed by atoms with Gasteiger partial charge >= 0.3 is 6.09 Å². The number of nitrogens with one attached hydrogen (secondary N) is 3. The molecule has 0 radical (unpaired) electrons. The van der Waals surface area contributed by atoms with Crippen molar-refractivity contribution in [2.45, 2.75) is 9.96 Å². The summed E-state index contributed by atoms with van der Waals surface area (Å²) >= 11 is 24.7. The molecule has 0 fully saturated rings. The second kappa shape index (κ2) is 8.42. The van der Waals surface area contributed by atoms with Crippen molar-refractivity contribution in [2.24, 2.45) is 0 Å². The standard InChI is InChI=1S/C11H11Cl3IN3O2S/c1-20-10(19)18-8(11(12,13)14)17-9(21)16-7-5-3-2-4-6(7)15/h2-5,8H,1H3,(H,18,19)(H2,16,17,21). The highest BCUT2D eigenvalue weighted by Gasteiger charge is 2.35. The quantitative estimate of drug-likeness (QED) is 0.266. The zero-order valence-electron chi connectivity index (χ0n) is 10.6. The van der Waals surface area contributed by atoms with Gasteiger partial charge in [0.25, 0.3) is 0 Å². The van der Waals surface area contributed by atoms with Gasteiger partial charge in [0.2, 0.25) is 3.79 Å². The van der Waals surface area contributed by atoms with E-state index >= 15 is 0 Å². The van der Waals surface area contributed by atoms with E-state index in [0.29, 0.717) is 0 Å². The summed E-state index contributed by atoms with van der Waals surface area (Å²) in [5.74, 6) is 0. The van der Waals surface area contributed by atoms with Crippen LogP contribution in [-0.2, 0) is 4.74 Å². The van der Waals surface area contributed by atoms with Crippen LogP contribution >= 0.6 is 69.6 Å². The summed E-state index contributed by atoms with van der Waals surface area (Å²) in [7, 11) is 1.20. The van der Waals surface area contributed by atoms with Gasteiger partial charge in [0.15, 0.2) is 11.3 Å². The van der Waals surface area contributed by atoms with Gasteiger partial charge < -0.3 is 15.4 Å². The second-order valence-electron chi connectivity index (χ2n) is 3.69. The van der Waals surface area contributed by atoms with Crippen molar-refractivity contribution in [1.82, 2.24) is 10.6 Å². The Morgan fingerprint density at radius 3 is 2.48 bits per heavy atom. The topological polar surface area (TPSA) is 62.4 Å². The number of para-hydroxylation sites is 1. The second-order valence-corrected chi connectivity index (χ2v) is 7.63. The van der Waals surface area contributed by atoms with E-state index < -0.39 is 16.1 Å². The Labute approximate surface area is 156 Å². The molecule has 1 rings (SSSR count). The first-order valence-electron chi connectivity index (χ1n) is 5.47. The van der Waals surface area contributed by atoms with E-state index in [2.05, 4.69) is 43.3 Å². The predicted molar refractivity (Wildman–Crippen MR) is 98.1 cm³/mol. The fraction of sp³-hybridized carbons (Fsp3) is 0.273. The minimum absolute atomic E-state index is 0.187. The molecule has 0 aromatic heterocycles. The molecule has 0 saturated heterocycles. The van der Waals surface area contributed by atoms with Gasteiger partial charge in [0, 0.05) is 3.57 Å². The molecular formula is C11H11Cl3IN3O2S. The van der Waals surface area contributed by atoms with Crippen LogP contribution in [0.3, 0.4) is 0 Å². The van der Waals surface area contributed by atoms with Gasteiger partial charge in [-0.05, 0) is 46.9 Å². The number of ether oxygens (including phenoxy) is 1. The van der Waals surface area contributed by atoms with Crippen molar-refractivity contribution in [3.8, 4) is 0 Å². The Balaban J connectivity index is 2.73. The first-order chi connectivity index (χ1) is 9.74. The number of hydrogen-bond acceptors (Lipinski definition) is 3. The van der Waals surface area contributed by atoms with Crippen molar-refractivity contribution in [3.05, 3.63) is 27.8 Å². The molecule has 1 unspecified atom stereocenters. The summed E-state index contributed by atoms with van der Waals surface area (Å²) in [5, 5.41) is 8.18. The SMILES string of the molecule is COC(=O)NC(NC(=S)Nc1ccccc1I)C(Cl)(Cl)Cl. The summed E-state index contributed by atoms with van der Waals surface area (Å²) in [6, 6.07) is 7.50. The maximum absolute atomic E-state index is 11.2. The highest BCUT2D eigenvalue weighted by molar-refractivity contribution is 14.1. The third-order valence-electron chi connectivity index (χ3n) is 2.17. The third-order valence-corrected chi connectivity index (χ3v) is 3.99. The number of anilines is 1. The van der Waals surface area contributed by atoms with Crippen LogP contribution in [0.15, 0.2) is 24.3 Å². The van der Waals surface area contributed by atoms with Crippen molar-refractivity contribution in [1.29, 1.82) is 0 Å². The molecule has 1 atom stereocenters. The molecule has 0 aliphatic carbocycles. The third kappa shape index (κ3) is 6.60. The molecule has 0 aliphatic rings. The molecule has 116 valence electrons. The number of alkyl halides is 3. The van der Waals surface area contributed by atoms with Gasteiger partial charge in [-0.15, -0.1) is 0 Å². The monoisotopic (exact) mass is 481 g/mol. The number of rotatable bonds is 3. The largest absolute Gasteiger partial charge is 0.453 e. The number of halogens is 4. The van der Waals surface area contributed by atoms with Crippen LogP contribution in [0.1, 0.15) is 0 Å². The Kier molecular flexibility index (Phi) is 7.55. The van der Waals surface area contributed by atoms with Gasteiger partial charge in [0.1, 0.15) is 0 Å². The summed E-state index contributed by atoms with van der Waals surface area (Å²) in [6.07, 6.45) is -1.81. The van der Waals surface area contributed by atoms with Gasteiger partial charge in [-0.2, -0.15) is 0 Å². The zero-order chi connectivity index (χ0) is 16.0. The van der Waals surface area contributed by atoms with Crippen molar-refractivity contribution < 1.29 is 9.53 Å². The van der Waals surface area contributed by atoms with Crippen LogP contribution in [-0.4, -0.2) is 28.3 Å². The maximum atomic E-state index is 11.2. The molecule has 1 aromatic rings. The highest BCUT2D eigenvalue weighted by Crippen LogP contribution is 2.29. The minimum atomic E-state index is -1.82. The van der Waals surface area contributed by atoms with Gasteiger partial charge in [-0.25, -0.2) is 4.79 Å². The maximum Gasteiger partial charge on any atom is 0.408 e. The first-order valence-corrected chi connectivity index (χ1v) is 8.09. The lowest BCUT2D eigenvalue weighted by Gasteiger charge is -2.27. The lowest BCUT2D eigenvalue weighted by molar-refractivity contribution is 0.166. The first kappa shape index (κ1) is 18.8. The molecule has 0 bridgehead atoms. The molecule has 21 heavy (non-hydrogen) atoms. The van der Waals surface area contributed by atoms with E-state index in [4.69, 9.17) is 47.0 Å². The number of benzene rings is 1. The van der Waals surface area contributed by atoms with E-state index in [9.17, 15) is 4.79 Å². The van der Waals surface area contributed by atoms with Gasteiger partial charge in [0.05, 0.1) is 12.8 Å². The average Bonchev–Trinajstić information content (AvgIpc) is 2.39. The van der Waals surface area contributed by atoms with E-state index in [0.717, 1.165) is 9.26 Å². The lowest BCUT2D eigenvalue weighted by atomic mass is 10.3. The van der Waals surface area contributed by atoms with Crippen LogP contribution in [0.2, 0.25) is 0 Å². The molecule has 0 aliphatic heterocycles. The lowest BCUT2D eigenvalue weighted by Crippen LogP contribution is -2.56. The predicted octanol–water partition coefficient (Wildman–Crippen LogP) is 3.63. The fourth-order valence-electron chi connectivity index (χ4n) is 1.23. The molecule has 0 heterocycles. The van der Waals surface area contributed by atoms with Crippen LogP contribution in [0.4, 0.5) is 10.5 Å². The number of carbonyl (C=O) groups excluding carboxylic acids is 1. The molecular weight excluding hydrogens is 471 g/mol. The number of amides is 1. The Bertz CT molecular complexity index is 528. The van der Waals surface area contributed by atoms with Gasteiger partial charge in [-0.1, -0.05) is 46.9 Å². The smallest absolute Gasteiger partial charge is 0.408 e. The number of methoxy groups -OCH3 is 1. The number of carbonyl (C=O) groups is 1. The summed E-state index contributed by atoms with van der Waals surface area (Å²) in [6.45, 7) is 0. The zero-order valence-corrected chi connectivity index (χ0v) is 15.9. The number of alkyl carbamates (subject to hydrolysis) is 1. The molecule has 5 nitrogen and oxygen atoms in total. The normalized spacial score (nSPS) is 12.2. The van der Waals surface area contributed by atoms with E-state index in [1.807, 2.05) is 24.3 Å². The Morgan fingerprint density at radius 2 is 1.95 bits per heavy atom. The molecule has 10 heteroatoms. The van der Waals surface area contributed by atoms with Crippen LogP contribution in [0.25, 0.3) is 0 Å². The minimum Gasteiger partial charge on any atom is -0.453 e. The molecule has 3 N–H and O–H groups in total. The van der Waals surface area contributed by atoms with Crippen molar-refractivity contribution >= 4 is 86.5 Å². The van der Waals surface area contributed by atoms with Crippen molar-refractivity contribution in [2.75, 3.05) is 12.4 Å². The number of hydrogen-bond donors (Lipinski definition) is 3. The molecule has 0 spiro atoms. The molecule has 0 saturated carbocycles. The molecule has 1 amide bonds. The van der Waals surface area contributed by atoms with E-state index in [1.54, 1.807) is 0 Å². The highest BCUT2D eigenvalue weighted by atomic mass is 127. The van der Waals surface area contributed by atoms with Gasteiger partial charge in [-0.3, -0.25) is 5.32 Å². The van der Waals surface area contributed by atoms with Crippen LogP contribution < -0.4 is 16.0 Å². The fourth-order valence-corrected chi connectivity index (χ4v) is 2.31. The number of thiocarbonyl (C=S) groups is 1. The summed E-state index contributed by atoms with van der Waals surface area (Å²) in [4.78, 5) is 11.2.